The molecule has 0 aliphatic rings. The van der Waals surface area contributed by atoms with Crippen molar-refractivity contribution in [2.24, 2.45) is 0 Å². The lowest BCUT2D eigenvalue weighted by atomic mass is 10.0. The first-order chi connectivity index (χ1) is 13.2. The van der Waals surface area contributed by atoms with Gasteiger partial charge in [-0.1, -0.05) is 97.3 Å². The van der Waals surface area contributed by atoms with Gasteiger partial charge in [0, 0.05) is 13.0 Å². The van der Waals surface area contributed by atoms with E-state index in [0.29, 0.717) is 13.0 Å². The number of esters is 1. The Hall–Kier alpha value is -0.610. The number of ether oxygens (including phenoxy) is 2. The molecule has 0 aromatic heterocycles. The molecule has 0 radical (unpaired) electrons. The summed E-state index contributed by atoms with van der Waals surface area (Å²) < 4.78 is 10.4. The number of aliphatic hydroxyl groups is 1. The highest BCUT2D eigenvalue weighted by atomic mass is 16.5. The molecule has 0 aliphatic carbocycles. The van der Waals surface area contributed by atoms with Crippen molar-refractivity contribution in [1.29, 1.82) is 0 Å². The van der Waals surface area contributed by atoms with Gasteiger partial charge >= 0.3 is 5.97 Å². The van der Waals surface area contributed by atoms with Crippen molar-refractivity contribution >= 4 is 5.97 Å². The molecule has 0 amide bonds. The van der Waals surface area contributed by atoms with Crippen molar-refractivity contribution < 1.29 is 19.4 Å². The second-order valence-corrected chi connectivity index (χ2v) is 7.76. The van der Waals surface area contributed by atoms with Crippen LogP contribution < -0.4 is 0 Å². The van der Waals surface area contributed by atoms with Gasteiger partial charge in [-0.15, -0.1) is 0 Å². The van der Waals surface area contributed by atoms with Crippen LogP contribution in [0.5, 0.6) is 0 Å². The third-order valence-corrected chi connectivity index (χ3v) is 4.84. The molecule has 4 nitrogen and oxygen atoms in total. The molecule has 0 aromatic carbocycles. The molecule has 1 atom stereocenters. The number of aliphatic hydroxyl groups excluding tert-OH is 1. The van der Waals surface area contributed by atoms with Crippen LogP contribution in [0.15, 0.2) is 0 Å². The lowest BCUT2D eigenvalue weighted by molar-refractivity contribution is -0.147. The van der Waals surface area contributed by atoms with Gasteiger partial charge in [0.25, 0.3) is 0 Å². The van der Waals surface area contributed by atoms with Crippen molar-refractivity contribution in [1.82, 2.24) is 0 Å². The molecule has 0 aromatic rings. The van der Waals surface area contributed by atoms with E-state index >= 15 is 0 Å². The van der Waals surface area contributed by atoms with Crippen molar-refractivity contribution in [3.8, 4) is 0 Å². The van der Waals surface area contributed by atoms with Gasteiger partial charge in [-0.05, 0) is 12.8 Å². The van der Waals surface area contributed by atoms with Gasteiger partial charge in [0.15, 0.2) is 0 Å². The maximum atomic E-state index is 11.2. The van der Waals surface area contributed by atoms with E-state index in [-0.39, 0.29) is 19.2 Å². The van der Waals surface area contributed by atoms with E-state index in [0.717, 1.165) is 12.8 Å². The molecule has 1 unspecified atom stereocenters. The molecule has 1 N–H and O–H groups in total. The van der Waals surface area contributed by atoms with Crippen molar-refractivity contribution in [3.63, 3.8) is 0 Å². The third-order valence-electron chi connectivity index (χ3n) is 4.84. The Kier molecular flexibility index (Phi) is 21.2. The Morgan fingerprint density at radius 3 is 1.67 bits per heavy atom. The minimum atomic E-state index is -0.711. The van der Waals surface area contributed by atoms with E-state index in [9.17, 15) is 9.90 Å². The first-order valence-corrected chi connectivity index (χ1v) is 11.6. The SMILES string of the molecule is CCCCCCCCCCCCCCCCOCC(O)COC(=O)CCC. The summed E-state index contributed by atoms with van der Waals surface area (Å²) in [5.41, 5.74) is 0. The quantitative estimate of drug-likeness (QED) is 0.189. The molecule has 0 fully saturated rings. The van der Waals surface area contributed by atoms with Crippen LogP contribution in [0.1, 0.15) is 117 Å². The normalized spacial score (nSPS) is 12.3. The average molecular weight is 387 g/mol. The van der Waals surface area contributed by atoms with Crippen molar-refractivity contribution in [2.75, 3.05) is 19.8 Å². The molecule has 27 heavy (non-hydrogen) atoms. The van der Waals surface area contributed by atoms with Crippen LogP contribution in [-0.4, -0.2) is 37.0 Å². The lowest BCUT2D eigenvalue weighted by Crippen LogP contribution is -2.23. The molecule has 162 valence electrons. The van der Waals surface area contributed by atoms with Gasteiger partial charge in [0.1, 0.15) is 12.7 Å². The second-order valence-electron chi connectivity index (χ2n) is 7.76. The fourth-order valence-electron chi connectivity index (χ4n) is 3.13. The highest BCUT2D eigenvalue weighted by molar-refractivity contribution is 5.69. The molecule has 0 spiro atoms. The van der Waals surface area contributed by atoms with Crippen LogP contribution in [0.4, 0.5) is 0 Å². The summed E-state index contributed by atoms with van der Waals surface area (Å²) in [6.07, 6.45) is 19.3. The Labute approximate surface area is 168 Å². The summed E-state index contributed by atoms with van der Waals surface area (Å²) in [7, 11) is 0. The maximum Gasteiger partial charge on any atom is 0.305 e. The fraction of sp³-hybridized carbons (Fsp3) is 0.957. The average Bonchev–Trinajstić information content (AvgIpc) is 2.66. The number of hydrogen-bond acceptors (Lipinski definition) is 4. The smallest absolute Gasteiger partial charge is 0.305 e. The molecule has 0 aliphatic heterocycles. The molecule has 0 heterocycles. The summed E-state index contributed by atoms with van der Waals surface area (Å²) in [4.78, 5) is 11.2. The third kappa shape index (κ3) is 21.5. The summed E-state index contributed by atoms with van der Waals surface area (Å²) in [6.45, 7) is 5.16. The van der Waals surface area contributed by atoms with Crippen LogP contribution in [-0.2, 0) is 14.3 Å². The number of rotatable bonds is 21. The molecule has 0 saturated carbocycles. The predicted octanol–water partition coefficient (Wildman–Crippen LogP) is 6.19. The highest BCUT2D eigenvalue weighted by Gasteiger charge is 2.08. The first kappa shape index (κ1) is 26.4. The summed E-state index contributed by atoms with van der Waals surface area (Å²) in [5.74, 6) is -0.247. The van der Waals surface area contributed by atoms with Gasteiger partial charge in [-0.3, -0.25) is 4.79 Å². The molecular weight excluding hydrogens is 340 g/mol. The Bertz CT molecular complexity index is 307. The number of carbonyl (C=O) groups excluding carboxylic acids is 1. The van der Waals surface area contributed by atoms with E-state index in [4.69, 9.17) is 9.47 Å². The van der Waals surface area contributed by atoms with Gasteiger partial charge in [0.2, 0.25) is 0 Å². The van der Waals surface area contributed by atoms with Crippen molar-refractivity contribution in [3.05, 3.63) is 0 Å². The van der Waals surface area contributed by atoms with Crippen LogP contribution >= 0.6 is 0 Å². The Morgan fingerprint density at radius 1 is 0.704 bits per heavy atom. The summed E-state index contributed by atoms with van der Waals surface area (Å²) in [6, 6.07) is 0. The number of hydrogen-bond donors (Lipinski definition) is 1. The topological polar surface area (TPSA) is 55.8 Å². The first-order valence-electron chi connectivity index (χ1n) is 11.6. The second kappa shape index (κ2) is 21.7. The van der Waals surface area contributed by atoms with Crippen LogP contribution in [0.2, 0.25) is 0 Å². The van der Waals surface area contributed by atoms with E-state index < -0.39 is 6.10 Å². The number of carbonyl (C=O) groups is 1. The van der Waals surface area contributed by atoms with Crippen molar-refractivity contribution in [2.45, 2.75) is 123 Å². The zero-order chi connectivity index (χ0) is 20.0. The number of unbranched alkanes of at least 4 members (excludes halogenated alkanes) is 13. The molecule has 4 heteroatoms. The maximum absolute atomic E-state index is 11.2. The molecular formula is C23H46O4. The monoisotopic (exact) mass is 386 g/mol. The Morgan fingerprint density at radius 2 is 1.19 bits per heavy atom. The zero-order valence-corrected chi connectivity index (χ0v) is 18.2. The molecule has 0 rings (SSSR count). The van der Waals surface area contributed by atoms with Gasteiger partial charge in [0.05, 0.1) is 6.61 Å². The highest BCUT2D eigenvalue weighted by Crippen LogP contribution is 2.12. The van der Waals surface area contributed by atoms with E-state index in [1.807, 2.05) is 6.92 Å². The largest absolute Gasteiger partial charge is 0.463 e. The summed E-state index contributed by atoms with van der Waals surface area (Å²) >= 11 is 0. The molecule has 0 saturated heterocycles. The minimum Gasteiger partial charge on any atom is -0.463 e. The van der Waals surface area contributed by atoms with E-state index in [1.165, 1.54) is 83.5 Å². The van der Waals surface area contributed by atoms with Gasteiger partial charge in [-0.2, -0.15) is 0 Å². The minimum absolute atomic E-state index is 0.0393. The zero-order valence-electron chi connectivity index (χ0n) is 18.2. The lowest BCUT2D eigenvalue weighted by Gasteiger charge is -2.11. The summed E-state index contributed by atoms with van der Waals surface area (Å²) in [5, 5.41) is 9.68. The predicted molar refractivity (Wildman–Crippen MR) is 113 cm³/mol. The van der Waals surface area contributed by atoms with E-state index in [2.05, 4.69) is 6.92 Å². The fourth-order valence-corrected chi connectivity index (χ4v) is 3.13. The van der Waals surface area contributed by atoms with Crippen LogP contribution in [0, 0.1) is 0 Å². The van der Waals surface area contributed by atoms with Crippen LogP contribution in [0.25, 0.3) is 0 Å². The van der Waals surface area contributed by atoms with E-state index in [1.54, 1.807) is 0 Å². The standard InChI is InChI=1S/C23H46O4/c1-3-5-6-7-8-9-10-11-12-13-14-15-16-17-19-26-20-22(24)21-27-23(25)18-4-2/h22,24H,3-21H2,1-2H3. The molecule has 0 bridgehead atoms. The van der Waals surface area contributed by atoms with Gasteiger partial charge in [-0.25, -0.2) is 0 Å². The Balaban J connectivity index is 3.15. The van der Waals surface area contributed by atoms with Crippen LogP contribution in [0.3, 0.4) is 0 Å². The van der Waals surface area contributed by atoms with Gasteiger partial charge < -0.3 is 14.6 Å².